The number of carbonyl (C=O) groups excluding carboxylic acids is 2. The number of piperidine rings is 1. The molecular formula is C39H45N13O2. The number of carbonyl (C=O) groups is 2. The van der Waals surface area contributed by atoms with Gasteiger partial charge >= 0.3 is 0 Å². The highest BCUT2D eigenvalue weighted by molar-refractivity contribution is 6.00. The van der Waals surface area contributed by atoms with Crippen LogP contribution in [0.4, 0.5) is 28.7 Å². The molecule has 0 radical (unpaired) electrons. The molecule has 3 aliphatic rings. The van der Waals surface area contributed by atoms with Gasteiger partial charge in [0.25, 0.3) is 11.8 Å². The molecule has 5 aromatic rings. The average Bonchev–Trinajstić information content (AvgIpc) is 3.86. The van der Waals surface area contributed by atoms with E-state index in [2.05, 4.69) is 63.7 Å². The summed E-state index contributed by atoms with van der Waals surface area (Å²) in [6.45, 7) is 8.63. The van der Waals surface area contributed by atoms with Crippen molar-refractivity contribution in [3.05, 3.63) is 89.0 Å². The Bertz CT molecular complexity index is 2180. The van der Waals surface area contributed by atoms with Crippen LogP contribution >= 0.6 is 0 Å². The van der Waals surface area contributed by atoms with E-state index in [1.807, 2.05) is 61.3 Å². The Morgan fingerprint density at radius 2 is 1.65 bits per heavy atom. The number of fused-ring (bicyclic) bond motifs is 3. The lowest BCUT2D eigenvalue weighted by molar-refractivity contribution is 0.0786. The molecule has 4 aromatic heterocycles. The maximum atomic E-state index is 12.9. The zero-order valence-corrected chi connectivity index (χ0v) is 31.1. The number of benzene rings is 1. The maximum Gasteiger partial charge on any atom is 0.273 e. The Hall–Kier alpha value is -5.96. The smallest absolute Gasteiger partial charge is 0.273 e. The lowest BCUT2D eigenvalue weighted by atomic mass is 9.97. The third-order valence-electron chi connectivity index (χ3n) is 10.4. The van der Waals surface area contributed by atoms with Gasteiger partial charge in [0.2, 0.25) is 0 Å². The Morgan fingerprint density at radius 1 is 0.852 bits per heavy atom. The molecule has 278 valence electrons. The summed E-state index contributed by atoms with van der Waals surface area (Å²) in [4.78, 5) is 46.0. The number of likely N-dealkylation sites (tertiary alicyclic amines) is 2. The quantitative estimate of drug-likeness (QED) is 0.186. The van der Waals surface area contributed by atoms with Crippen LogP contribution in [0.15, 0.2) is 54.7 Å². The number of hydrogen-bond donors (Lipinski definition) is 3. The van der Waals surface area contributed by atoms with Crippen LogP contribution in [0.5, 0.6) is 0 Å². The number of pyridine rings is 1. The predicted octanol–water partition coefficient (Wildman–Crippen LogP) is 5.01. The van der Waals surface area contributed by atoms with Crippen molar-refractivity contribution in [1.29, 1.82) is 0 Å². The molecule has 15 heteroatoms. The lowest BCUT2D eigenvalue weighted by Crippen LogP contribution is -2.36. The number of aromatic nitrogens is 7. The van der Waals surface area contributed by atoms with Crippen molar-refractivity contribution in [1.82, 2.24) is 50.0 Å². The summed E-state index contributed by atoms with van der Waals surface area (Å²) in [6, 6.07) is 15.8. The molecule has 0 aliphatic carbocycles. The van der Waals surface area contributed by atoms with E-state index >= 15 is 0 Å². The van der Waals surface area contributed by atoms with Crippen LogP contribution in [0.3, 0.4) is 0 Å². The van der Waals surface area contributed by atoms with Gasteiger partial charge in [-0.1, -0.05) is 18.2 Å². The van der Waals surface area contributed by atoms with Gasteiger partial charge in [0.1, 0.15) is 17.3 Å². The van der Waals surface area contributed by atoms with E-state index in [0.29, 0.717) is 35.4 Å². The van der Waals surface area contributed by atoms with Gasteiger partial charge in [-0.15, -0.1) is 10.2 Å². The van der Waals surface area contributed by atoms with Crippen LogP contribution in [0.25, 0.3) is 11.1 Å². The molecule has 2 saturated heterocycles. The van der Waals surface area contributed by atoms with E-state index in [9.17, 15) is 9.59 Å². The van der Waals surface area contributed by atoms with Crippen molar-refractivity contribution in [2.45, 2.75) is 58.7 Å². The molecule has 0 unspecified atom stereocenters. The highest BCUT2D eigenvalue weighted by Gasteiger charge is 2.31. The molecular weight excluding hydrogens is 683 g/mol. The predicted molar refractivity (Wildman–Crippen MR) is 206 cm³/mol. The van der Waals surface area contributed by atoms with Gasteiger partial charge in [0.15, 0.2) is 11.5 Å². The largest absolute Gasteiger partial charge is 0.366 e. The first kappa shape index (κ1) is 35.1. The summed E-state index contributed by atoms with van der Waals surface area (Å²) >= 11 is 0. The summed E-state index contributed by atoms with van der Waals surface area (Å²) in [5, 5.41) is 22.9. The molecule has 3 aliphatic heterocycles. The fourth-order valence-corrected chi connectivity index (χ4v) is 7.87. The van der Waals surface area contributed by atoms with E-state index in [4.69, 9.17) is 10.1 Å². The van der Waals surface area contributed by atoms with Crippen molar-refractivity contribution in [2.24, 2.45) is 0 Å². The molecule has 2 amide bonds. The summed E-state index contributed by atoms with van der Waals surface area (Å²) in [7, 11) is 3.66. The zero-order valence-electron chi connectivity index (χ0n) is 31.1. The molecule has 15 nitrogen and oxygen atoms in total. The van der Waals surface area contributed by atoms with Crippen LogP contribution < -0.4 is 20.9 Å². The average molecular weight is 728 g/mol. The van der Waals surface area contributed by atoms with Crippen molar-refractivity contribution < 1.29 is 9.59 Å². The number of nitrogens with one attached hydrogen (secondary N) is 3. The number of amides is 2. The van der Waals surface area contributed by atoms with Crippen LogP contribution in [-0.4, -0.2) is 96.8 Å². The molecule has 2 fully saturated rings. The Morgan fingerprint density at radius 3 is 2.43 bits per heavy atom. The van der Waals surface area contributed by atoms with Crippen molar-refractivity contribution in [3.63, 3.8) is 0 Å². The first-order valence-electron chi connectivity index (χ1n) is 18.6. The number of rotatable bonds is 9. The standard InChI is InChI=1S/C39H45N13O2/c1-24-19-34(43-25(2)42-24)46-35-20-32(36(48-47-35)38(53)40-3)45-30-11-8-10-28-29-21-41-52(33(29)23-49(4)37(28)30)27-13-17-50(18-14-27)22-26-9-7-12-31(44-26)39(54)51-15-5-6-16-51/h7-12,19-21,27H,5-6,13-18,22-23H2,1-4H3,(H,40,53)(H2,42,43,45,46,47). The number of aryl methyl sites for hydroxylation is 2. The van der Waals surface area contributed by atoms with Gasteiger partial charge in [0.05, 0.1) is 47.2 Å². The fraction of sp³-hybridized carbons (Fsp3) is 0.385. The van der Waals surface area contributed by atoms with E-state index < -0.39 is 0 Å². The maximum absolute atomic E-state index is 12.9. The highest BCUT2D eigenvalue weighted by Crippen LogP contribution is 2.45. The van der Waals surface area contributed by atoms with Crippen molar-refractivity contribution in [2.75, 3.05) is 55.8 Å². The first-order valence-corrected chi connectivity index (χ1v) is 18.6. The van der Waals surface area contributed by atoms with Crippen LogP contribution in [0.1, 0.15) is 75.6 Å². The van der Waals surface area contributed by atoms with Crippen molar-refractivity contribution in [3.8, 4) is 11.1 Å². The number of hydrogen-bond acceptors (Lipinski definition) is 12. The van der Waals surface area contributed by atoms with E-state index in [1.54, 1.807) is 13.1 Å². The second-order valence-electron chi connectivity index (χ2n) is 14.3. The van der Waals surface area contributed by atoms with Gasteiger partial charge in [-0.25, -0.2) is 15.0 Å². The van der Waals surface area contributed by atoms with E-state index in [0.717, 1.165) is 92.3 Å². The first-order chi connectivity index (χ1) is 26.2. The third kappa shape index (κ3) is 7.06. The van der Waals surface area contributed by atoms with Gasteiger partial charge in [0, 0.05) is 75.8 Å². The monoisotopic (exact) mass is 727 g/mol. The molecule has 0 spiro atoms. The topological polar surface area (TPSA) is 162 Å². The van der Waals surface area contributed by atoms with Crippen LogP contribution in [-0.2, 0) is 13.1 Å². The third-order valence-corrected chi connectivity index (χ3v) is 10.4. The molecule has 54 heavy (non-hydrogen) atoms. The zero-order chi connectivity index (χ0) is 37.3. The number of anilines is 5. The minimum Gasteiger partial charge on any atom is -0.366 e. The Labute approximate surface area is 314 Å². The molecule has 0 atom stereocenters. The minimum absolute atomic E-state index is 0.0419. The van der Waals surface area contributed by atoms with Crippen LogP contribution in [0.2, 0.25) is 0 Å². The molecule has 1 aromatic carbocycles. The minimum atomic E-state index is -0.351. The molecule has 7 heterocycles. The summed E-state index contributed by atoms with van der Waals surface area (Å²) in [5.41, 5.74) is 8.19. The summed E-state index contributed by atoms with van der Waals surface area (Å²) in [6.07, 6.45) is 6.07. The van der Waals surface area contributed by atoms with E-state index in [-0.39, 0.29) is 23.6 Å². The number of para-hydroxylation sites is 1. The normalized spacial score (nSPS) is 15.9. The molecule has 3 N–H and O–H groups in total. The second kappa shape index (κ2) is 14.8. The fourth-order valence-electron chi connectivity index (χ4n) is 7.87. The van der Waals surface area contributed by atoms with Crippen molar-refractivity contribution >= 4 is 40.5 Å². The van der Waals surface area contributed by atoms with Gasteiger partial charge in [-0.3, -0.25) is 19.2 Å². The number of nitrogens with zero attached hydrogens (tertiary/aromatic N) is 10. The molecule has 0 bridgehead atoms. The summed E-state index contributed by atoms with van der Waals surface area (Å²) < 4.78 is 2.23. The molecule has 0 saturated carbocycles. The second-order valence-corrected chi connectivity index (χ2v) is 14.3. The van der Waals surface area contributed by atoms with Crippen LogP contribution in [0, 0.1) is 13.8 Å². The van der Waals surface area contributed by atoms with Gasteiger partial charge in [-0.05, 0) is 57.7 Å². The van der Waals surface area contributed by atoms with Gasteiger partial charge < -0.3 is 25.8 Å². The Balaban J connectivity index is 0.990. The molecule has 8 rings (SSSR count). The summed E-state index contributed by atoms with van der Waals surface area (Å²) in [5.74, 6) is 1.36. The highest BCUT2D eigenvalue weighted by atomic mass is 16.2. The van der Waals surface area contributed by atoms with Gasteiger partial charge in [-0.2, -0.15) is 5.10 Å². The Kier molecular flexibility index (Phi) is 9.63. The lowest BCUT2D eigenvalue weighted by Gasteiger charge is -2.35. The van der Waals surface area contributed by atoms with E-state index in [1.165, 1.54) is 5.69 Å². The SMILES string of the molecule is CNC(=O)c1nnc(Nc2cc(C)nc(C)n2)cc1Nc1cccc2c1N(C)Cc1c-2cnn1C1CCN(Cc2cccc(C(=O)N3CCCC3)n2)CC1.